The van der Waals surface area contributed by atoms with Crippen molar-refractivity contribution in [3.63, 3.8) is 0 Å². The smallest absolute Gasteiger partial charge is 0.269 e. The van der Waals surface area contributed by atoms with E-state index in [1.807, 2.05) is 18.7 Å². The largest absolute Gasteiger partial charge is 0.339 e. The van der Waals surface area contributed by atoms with E-state index in [4.69, 9.17) is 0 Å². The Bertz CT molecular complexity index is 537. The van der Waals surface area contributed by atoms with Gasteiger partial charge in [-0.15, -0.1) is 0 Å². The summed E-state index contributed by atoms with van der Waals surface area (Å²) in [6, 6.07) is 6.84. The van der Waals surface area contributed by atoms with Gasteiger partial charge in [-0.2, -0.15) is 0 Å². The molecule has 0 radical (unpaired) electrons. The second-order valence-corrected chi connectivity index (χ2v) is 5.79. The van der Waals surface area contributed by atoms with Crippen LogP contribution in [0.5, 0.6) is 0 Å². The number of rotatable bonds is 3. The van der Waals surface area contributed by atoms with E-state index in [1.54, 1.807) is 19.1 Å². The summed E-state index contributed by atoms with van der Waals surface area (Å²) in [6.45, 7) is 7.24. The summed E-state index contributed by atoms with van der Waals surface area (Å²) in [5.74, 6) is -0.349. The lowest BCUT2D eigenvalue weighted by molar-refractivity contribution is -0.384. The van der Waals surface area contributed by atoms with Crippen LogP contribution in [0.3, 0.4) is 0 Å². The third kappa shape index (κ3) is 3.58. The zero-order chi connectivity index (χ0) is 15.6. The minimum atomic E-state index is -0.435. The highest BCUT2D eigenvalue weighted by molar-refractivity contribution is 5.83. The lowest BCUT2D eigenvalue weighted by Crippen LogP contribution is -2.56. The summed E-state index contributed by atoms with van der Waals surface area (Å²) in [5, 5.41) is 14.2. The second-order valence-electron chi connectivity index (χ2n) is 5.79. The molecule has 0 aromatic heterocycles. The number of nitro benzene ring substituents is 1. The molecule has 1 aliphatic heterocycles. The molecule has 6 nitrogen and oxygen atoms in total. The highest BCUT2D eigenvalue weighted by atomic mass is 16.6. The number of nitrogens with one attached hydrogen (secondary N) is 1. The fourth-order valence-corrected chi connectivity index (χ4v) is 2.83. The van der Waals surface area contributed by atoms with E-state index in [-0.39, 0.29) is 29.6 Å². The van der Waals surface area contributed by atoms with E-state index in [0.717, 1.165) is 0 Å². The number of benzene rings is 1. The van der Waals surface area contributed by atoms with Gasteiger partial charge in [-0.1, -0.05) is 12.1 Å². The lowest BCUT2D eigenvalue weighted by atomic mass is 9.98. The summed E-state index contributed by atoms with van der Waals surface area (Å²) in [7, 11) is 0. The zero-order valence-electron chi connectivity index (χ0n) is 12.6. The third-order valence-corrected chi connectivity index (χ3v) is 3.82. The third-order valence-electron chi connectivity index (χ3n) is 3.82. The molecule has 3 unspecified atom stereocenters. The first-order valence-electron chi connectivity index (χ1n) is 7.17. The normalized spacial score (nSPS) is 23.7. The van der Waals surface area contributed by atoms with Crippen LogP contribution in [0.15, 0.2) is 24.3 Å². The van der Waals surface area contributed by atoms with E-state index in [9.17, 15) is 14.9 Å². The molecule has 0 aliphatic carbocycles. The quantitative estimate of drug-likeness (QED) is 0.682. The summed E-state index contributed by atoms with van der Waals surface area (Å²) in [6.07, 6.45) is 0. The maximum absolute atomic E-state index is 12.6. The number of amides is 1. The van der Waals surface area contributed by atoms with Crippen LogP contribution in [0.2, 0.25) is 0 Å². The Morgan fingerprint density at radius 2 is 2.00 bits per heavy atom. The van der Waals surface area contributed by atoms with Crippen molar-refractivity contribution < 1.29 is 9.72 Å². The fraction of sp³-hybridized carbons (Fsp3) is 0.533. The second kappa shape index (κ2) is 6.22. The first-order chi connectivity index (χ1) is 9.88. The molecular weight excluding hydrogens is 270 g/mol. The zero-order valence-corrected chi connectivity index (χ0v) is 12.6. The van der Waals surface area contributed by atoms with Gasteiger partial charge in [0, 0.05) is 37.3 Å². The van der Waals surface area contributed by atoms with E-state index >= 15 is 0 Å². The van der Waals surface area contributed by atoms with Gasteiger partial charge in [0.05, 0.1) is 10.8 Å². The van der Waals surface area contributed by atoms with Crippen LogP contribution in [0.1, 0.15) is 32.3 Å². The van der Waals surface area contributed by atoms with Gasteiger partial charge in [0.1, 0.15) is 0 Å². The predicted molar refractivity (Wildman–Crippen MR) is 80.2 cm³/mol. The highest BCUT2D eigenvalue weighted by Gasteiger charge is 2.28. The van der Waals surface area contributed by atoms with Gasteiger partial charge in [-0.3, -0.25) is 14.9 Å². The number of nitro groups is 1. The van der Waals surface area contributed by atoms with Crippen molar-refractivity contribution in [2.24, 2.45) is 0 Å². The number of piperazine rings is 1. The SMILES string of the molecule is CC1CN(C(=O)C(C)c2cccc([N+](=O)[O-])c2)CC(C)N1. The number of carbonyl (C=O) groups excluding carboxylic acids is 1. The molecule has 1 aromatic carbocycles. The van der Waals surface area contributed by atoms with Gasteiger partial charge in [0.2, 0.25) is 5.91 Å². The number of hydrogen-bond donors (Lipinski definition) is 1. The van der Waals surface area contributed by atoms with Crippen LogP contribution in [0, 0.1) is 10.1 Å². The molecule has 21 heavy (non-hydrogen) atoms. The molecule has 1 amide bonds. The average Bonchev–Trinajstić information content (AvgIpc) is 2.44. The predicted octanol–water partition coefficient (Wildman–Crippen LogP) is 1.91. The maximum atomic E-state index is 12.6. The van der Waals surface area contributed by atoms with Crippen molar-refractivity contribution in [2.45, 2.75) is 38.8 Å². The van der Waals surface area contributed by atoms with E-state index in [2.05, 4.69) is 5.32 Å². The van der Waals surface area contributed by atoms with Crippen LogP contribution in [-0.2, 0) is 4.79 Å². The van der Waals surface area contributed by atoms with Gasteiger partial charge in [0.25, 0.3) is 5.69 Å². The summed E-state index contributed by atoms with van der Waals surface area (Å²) < 4.78 is 0. The minimum Gasteiger partial charge on any atom is -0.339 e. The Hall–Kier alpha value is -1.95. The van der Waals surface area contributed by atoms with Gasteiger partial charge < -0.3 is 10.2 Å². The maximum Gasteiger partial charge on any atom is 0.269 e. The number of non-ortho nitro benzene ring substituents is 1. The van der Waals surface area contributed by atoms with Crippen LogP contribution in [0.4, 0.5) is 5.69 Å². The molecule has 2 rings (SSSR count). The molecule has 0 spiro atoms. The van der Waals surface area contributed by atoms with Crippen molar-refractivity contribution in [1.29, 1.82) is 0 Å². The minimum absolute atomic E-state index is 0.0224. The standard InChI is InChI=1S/C15H21N3O3/c1-10-8-17(9-11(2)16-10)15(19)12(3)13-5-4-6-14(7-13)18(20)21/h4-7,10-12,16H,8-9H2,1-3H3. The van der Waals surface area contributed by atoms with Gasteiger partial charge in [-0.05, 0) is 26.3 Å². The van der Waals surface area contributed by atoms with Crippen LogP contribution in [-0.4, -0.2) is 40.9 Å². The first-order valence-corrected chi connectivity index (χ1v) is 7.17. The molecule has 0 saturated carbocycles. The number of nitrogens with zero attached hydrogens (tertiary/aromatic N) is 2. The van der Waals surface area contributed by atoms with E-state index in [1.165, 1.54) is 12.1 Å². The molecule has 1 saturated heterocycles. The topological polar surface area (TPSA) is 75.5 Å². The molecule has 0 bridgehead atoms. The average molecular weight is 291 g/mol. The van der Waals surface area contributed by atoms with Gasteiger partial charge in [0.15, 0.2) is 0 Å². The lowest BCUT2D eigenvalue weighted by Gasteiger charge is -2.37. The Morgan fingerprint density at radius 1 is 1.38 bits per heavy atom. The molecule has 6 heteroatoms. The van der Waals surface area contributed by atoms with Crippen molar-refractivity contribution >= 4 is 11.6 Å². The fourth-order valence-electron chi connectivity index (χ4n) is 2.83. The van der Waals surface area contributed by atoms with Crippen molar-refractivity contribution in [2.75, 3.05) is 13.1 Å². The van der Waals surface area contributed by atoms with Gasteiger partial charge >= 0.3 is 0 Å². The van der Waals surface area contributed by atoms with Crippen LogP contribution < -0.4 is 5.32 Å². The van der Waals surface area contributed by atoms with Crippen LogP contribution >= 0.6 is 0 Å². The summed E-state index contributed by atoms with van der Waals surface area (Å²) in [5.41, 5.74) is 0.710. The highest BCUT2D eigenvalue weighted by Crippen LogP contribution is 2.23. The molecule has 1 N–H and O–H groups in total. The van der Waals surface area contributed by atoms with Crippen molar-refractivity contribution in [3.05, 3.63) is 39.9 Å². The van der Waals surface area contributed by atoms with Crippen molar-refractivity contribution in [1.82, 2.24) is 10.2 Å². The molecular formula is C15H21N3O3. The summed E-state index contributed by atoms with van der Waals surface area (Å²) >= 11 is 0. The molecule has 1 aromatic rings. The Morgan fingerprint density at radius 3 is 2.57 bits per heavy atom. The number of hydrogen-bond acceptors (Lipinski definition) is 4. The monoisotopic (exact) mass is 291 g/mol. The van der Waals surface area contributed by atoms with Crippen molar-refractivity contribution in [3.8, 4) is 0 Å². The van der Waals surface area contributed by atoms with Gasteiger partial charge in [-0.25, -0.2) is 0 Å². The van der Waals surface area contributed by atoms with E-state index in [0.29, 0.717) is 18.7 Å². The van der Waals surface area contributed by atoms with E-state index < -0.39 is 4.92 Å². The Balaban J connectivity index is 2.15. The Kier molecular flexibility index (Phi) is 4.57. The molecule has 1 fully saturated rings. The molecule has 3 atom stereocenters. The molecule has 1 heterocycles. The van der Waals surface area contributed by atoms with Crippen LogP contribution in [0.25, 0.3) is 0 Å². The molecule has 1 aliphatic rings. The Labute approximate surface area is 124 Å². The first kappa shape index (κ1) is 15.4. The molecule has 114 valence electrons. The summed E-state index contributed by atoms with van der Waals surface area (Å²) in [4.78, 5) is 24.8. The number of carbonyl (C=O) groups is 1.